The molecule has 9 heteroatoms. The first kappa shape index (κ1) is 19.2. The number of phenols is 2. The summed E-state index contributed by atoms with van der Waals surface area (Å²) in [4.78, 5) is 24.0. The van der Waals surface area contributed by atoms with Crippen molar-refractivity contribution in [2.24, 2.45) is 7.05 Å². The Bertz CT molecular complexity index is 1030. The number of carbonyl (C=O) groups excluding carboxylic acids is 2. The quantitative estimate of drug-likeness (QED) is 0.566. The zero-order chi connectivity index (χ0) is 20.3. The summed E-state index contributed by atoms with van der Waals surface area (Å²) in [5, 5.41) is 26.4. The van der Waals surface area contributed by atoms with E-state index < -0.39 is 24.2 Å². The van der Waals surface area contributed by atoms with Gasteiger partial charge in [0.25, 0.3) is 5.91 Å². The Morgan fingerprint density at radius 1 is 1.14 bits per heavy atom. The van der Waals surface area contributed by atoms with E-state index in [9.17, 15) is 19.8 Å². The van der Waals surface area contributed by atoms with Crippen molar-refractivity contribution in [3.8, 4) is 22.8 Å². The zero-order valence-electron chi connectivity index (χ0n) is 14.7. The first-order chi connectivity index (χ1) is 13.3. The highest BCUT2D eigenvalue weighted by Crippen LogP contribution is 2.24. The number of aromatic nitrogens is 2. The molecule has 0 aliphatic heterocycles. The second-order valence-corrected chi connectivity index (χ2v) is 6.31. The topological polar surface area (TPSA) is 114 Å². The van der Waals surface area contributed by atoms with E-state index in [1.807, 2.05) is 12.1 Å². The SMILES string of the molecule is Cn1nc(-c2ccc(Cl)cc2)cc1NC(=O)COC(=O)c1ccc(O)cc1O. The van der Waals surface area contributed by atoms with Crippen molar-refractivity contribution in [3.05, 3.63) is 59.1 Å². The Kier molecular flexibility index (Phi) is 5.51. The van der Waals surface area contributed by atoms with Crippen molar-refractivity contribution >= 4 is 29.3 Å². The van der Waals surface area contributed by atoms with E-state index in [1.165, 1.54) is 16.8 Å². The Morgan fingerprint density at radius 2 is 1.86 bits per heavy atom. The molecule has 0 unspecified atom stereocenters. The molecule has 144 valence electrons. The Labute approximate surface area is 164 Å². The number of nitrogens with one attached hydrogen (secondary N) is 1. The van der Waals surface area contributed by atoms with Gasteiger partial charge in [0.15, 0.2) is 6.61 Å². The van der Waals surface area contributed by atoms with E-state index >= 15 is 0 Å². The van der Waals surface area contributed by atoms with Crippen molar-refractivity contribution in [1.82, 2.24) is 9.78 Å². The summed E-state index contributed by atoms with van der Waals surface area (Å²) in [6.07, 6.45) is 0. The number of ether oxygens (including phenoxy) is 1. The summed E-state index contributed by atoms with van der Waals surface area (Å²) < 4.78 is 6.37. The third kappa shape index (κ3) is 4.41. The van der Waals surface area contributed by atoms with Gasteiger partial charge in [-0.05, 0) is 24.3 Å². The van der Waals surface area contributed by atoms with Crippen LogP contribution in [0.1, 0.15) is 10.4 Å². The highest BCUT2D eigenvalue weighted by molar-refractivity contribution is 6.30. The number of aryl methyl sites for hydroxylation is 1. The van der Waals surface area contributed by atoms with Crippen molar-refractivity contribution < 1.29 is 24.5 Å². The van der Waals surface area contributed by atoms with Gasteiger partial charge in [-0.25, -0.2) is 4.79 Å². The van der Waals surface area contributed by atoms with E-state index in [0.717, 1.165) is 11.6 Å². The number of rotatable bonds is 5. The smallest absolute Gasteiger partial charge is 0.342 e. The lowest BCUT2D eigenvalue weighted by Crippen LogP contribution is -2.22. The fourth-order valence-electron chi connectivity index (χ4n) is 2.43. The number of carbonyl (C=O) groups is 2. The van der Waals surface area contributed by atoms with Gasteiger partial charge in [-0.1, -0.05) is 23.7 Å². The summed E-state index contributed by atoms with van der Waals surface area (Å²) in [5.74, 6) is -1.68. The molecule has 0 saturated carbocycles. The van der Waals surface area contributed by atoms with Gasteiger partial charge in [-0.15, -0.1) is 0 Å². The lowest BCUT2D eigenvalue weighted by molar-refractivity contribution is -0.119. The average Bonchev–Trinajstić information content (AvgIpc) is 3.00. The number of aromatic hydroxyl groups is 2. The number of hydrogen-bond acceptors (Lipinski definition) is 6. The molecule has 1 amide bonds. The van der Waals surface area contributed by atoms with Crippen molar-refractivity contribution in [2.75, 3.05) is 11.9 Å². The van der Waals surface area contributed by atoms with E-state index in [-0.39, 0.29) is 11.3 Å². The van der Waals surface area contributed by atoms with Crippen LogP contribution in [0.3, 0.4) is 0 Å². The van der Waals surface area contributed by atoms with Crippen LogP contribution in [0.5, 0.6) is 11.5 Å². The predicted molar refractivity (Wildman–Crippen MR) is 102 cm³/mol. The molecule has 2 aromatic carbocycles. The van der Waals surface area contributed by atoms with Crippen LogP contribution in [0.15, 0.2) is 48.5 Å². The number of benzene rings is 2. The summed E-state index contributed by atoms with van der Waals surface area (Å²) in [6, 6.07) is 12.2. The van der Waals surface area contributed by atoms with Crippen LogP contribution in [0.4, 0.5) is 5.82 Å². The number of halogens is 1. The lowest BCUT2D eigenvalue weighted by atomic mass is 10.1. The number of hydrogen-bond donors (Lipinski definition) is 3. The second kappa shape index (κ2) is 8.01. The molecule has 0 fully saturated rings. The van der Waals surface area contributed by atoms with Gasteiger partial charge in [0.1, 0.15) is 22.9 Å². The number of anilines is 1. The largest absolute Gasteiger partial charge is 0.508 e. The summed E-state index contributed by atoms with van der Waals surface area (Å²) in [6.45, 7) is -0.555. The van der Waals surface area contributed by atoms with E-state index in [1.54, 1.807) is 25.2 Å². The van der Waals surface area contributed by atoms with Gasteiger partial charge in [-0.2, -0.15) is 5.10 Å². The minimum absolute atomic E-state index is 0.156. The molecular weight excluding hydrogens is 386 g/mol. The molecular formula is C19H16ClN3O5. The molecule has 3 aromatic rings. The van der Waals surface area contributed by atoms with Crippen LogP contribution >= 0.6 is 11.6 Å². The summed E-state index contributed by atoms with van der Waals surface area (Å²) >= 11 is 5.87. The summed E-state index contributed by atoms with van der Waals surface area (Å²) in [7, 11) is 1.66. The molecule has 0 spiro atoms. The van der Waals surface area contributed by atoms with Crippen LogP contribution in [0.2, 0.25) is 5.02 Å². The maximum absolute atomic E-state index is 12.1. The minimum atomic E-state index is -0.889. The number of esters is 1. The monoisotopic (exact) mass is 401 g/mol. The Hall–Kier alpha value is -3.52. The molecule has 28 heavy (non-hydrogen) atoms. The second-order valence-electron chi connectivity index (χ2n) is 5.87. The van der Waals surface area contributed by atoms with Crippen LogP contribution in [-0.2, 0) is 16.6 Å². The van der Waals surface area contributed by atoms with Gasteiger partial charge >= 0.3 is 5.97 Å². The molecule has 0 bridgehead atoms. The molecule has 3 N–H and O–H groups in total. The maximum Gasteiger partial charge on any atom is 0.342 e. The molecule has 0 aliphatic carbocycles. The summed E-state index contributed by atoms with van der Waals surface area (Å²) in [5.41, 5.74) is 1.31. The number of phenolic OH excluding ortho intramolecular Hbond substituents is 2. The van der Waals surface area contributed by atoms with E-state index in [0.29, 0.717) is 16.5 Å². The van der Waals surface area contributed by atoms with Crippen molar-refractivity contribution in [1.29, 1.82) is 0 Å². The highest BCUT2D eigenvalue weighted by Gasteiger charge is 2.16. The molecule has 0 atom stereocenters. The molecule has 0 aliphatic rings. The number of nitrogens with zero attached hydrogens (tertiary/aromatic N) is 2. The molecule has 0 saturated heterocycles. The van der Waals surface area contributed by atoms with Crippen LogP contribution in [0.25, 0.3) is 11.3 Å². The molecule has 1 heterocycles. The average molecular weight is 402 g/mol. The predicted octanol–water partition coefficient (Wildman–Crippen LogP) is 2.95. The minimum Gasteiger partial charge on any atom is -0.508 e. The van der Waals surface area contributed by atoms with Gasteiger partial charge < -0.3 is 20.3 Å². The normalized spacial score (nSPS) is 10.5. The third-order valence-electron chi connectivity index (χ3n) is 3.82. The highest BCUT2D eigenvalue weighted by atomic mass is 35.5. The first-order valence-electron chi connectivity index (χ1n) is 8.12. The van der Waals surface area contributed by atoms with Gasteiger partial charge in [0.05, 0.1) is 5.69 Å². The van der Waals surface area contributed by atoms with Crippen LogP contribution in [-0.4, -0.2) is 38.5 Å². The van der Waals surface area contributed by atoms with Crippen LogP contribution in [0, 0.1) is 0 Å². The van der Waals surface area contributed by atoms with Gasteiger partial charge in [0.2, 0.25) is 0 Å². The van der Waals surface area contributed by atoms with Gasteiger partial charge in [-0.3, -0.25) is 9.48 Å². The molecule has 1 aromatic heterocycles. The standard InChI is InChI=1S/C19H16ClN3O5/c1-23-17(9-15(22-23)11-2-4-12(20)5-3-11)21-18(26)10-28-19(27)14-7-6-13(24)8-16(14)25/h2-9,24-25H,10H2,1H3,(H,21,26). The lowest BCUT2D eigenvalue weighted by Gasteiger charge is -2.07. The van der Waals surface area contributed by atoms with Crippen molar-refractivity contribution in [3.63, 3.8) is 0 Å². The Balaban J connectivity index is 1.62. The van der Waals surface area contributed by atoms with Crippen LogP contribution < -0.4 is 5.32 Å². The Morgan fingerprint density at radius 3 is 2.54 bits per heavy atom. The molecule has 8 nitrogen and oxygen atoms in total. The zero-order valence-corrected chi connectivity index (χ0v) is 15.5. The first-order valence-corrected chi connectivity index (χ1v) is 8.50. The fourth-order valence-corrected chi connectivity index (χ4v) is 2.55. The molecule has 0 radical (unpaired) electrons. The van der Waals surface area contributed by atoms with Crippen molar-refractivity contribution in [2.45, 2.75) is 0 Å². The maximum atomic E-state index is 12.1. The van der Waals surface area contributed by atoms with E-state index in [2.05, 4.69) is 10.4 Å². The van der Waals surface area contributed by atoms with Gasteiger partial charge in [0, 0.05) is 29.8 Å². The third-order valence-corrected chi connectivity index (χ3v) is 4.07. The fraction of sp³-hybridized carbons (Fsp3) is 0.105. The number of amides is 1. The molecule has 3 rings (SSSR count). The van der Waals surface area contributed by atoms with E-state index in [4.69, 9.17) is 16.3 Å².